The molecule has 0 spiro atoms. The van der Waals surface area contributed by atoms with Crippen molar-refractivity contribution in [2.75, 3.05) is 24.4 Å². The van der Waals surface area contributed by atoms with Crippen LogP contribution in [0, 0.1) is 13.8 Å². The number of benzene rings is 3. The summed E-state index contributed by atoms with van der Waals surface area (Å²) in [6.07, 6.45) is 0. The molecule has 8 nitrogen and oxygen atoms in total. The van der Waals surface area contributed by atoms with Gasteiger partial charge in [0.2, 0.25) is 0 Å². The fourth-order valence-corrected chi connectivity index (χ4v) is 3.82. The van der Waals surface area contributed by atoms with E-state index in [0.29, 0.717) is 22.7 Å². The average molecular weight is 507 g/mol. The van der Waals surface area contributed by atoms with Gasteiger partial charge in [-0.05, 0) is 67.4 Å². The van der Waals surface area contributed by atoms with Gasteiger partial charge in [0.05, 0.1) is 25.5 Å². The van der Waals surface area contributed by atoms with Crippen molar-refractivity contribution in [2.45, 2.75) is 13.8 Å². The van der Waals surface area contributed by atoms with Crippen molar-refractivity contribution >= 4 is 40.8 Å². The molecule has 0 saturated carbocycles. The second-order valence-electron chi connectivity index (χ2n) is 8.03. The largest absolute Gasteiger partial charge is 0.497 e. The molecule has 0 saturated heterocycles. The molecule has 4 rings (SSSR count). The van der Waals surface area contributed by atoms with E-state index in [1.54, 1.807) is 42.5 Å². The molecule has 2 amide bonds. The fourth-order valence-electron chi connectivity index (χ4n) is 3.61. The van der Waals surface area contributed by atoms with E-state index in [1.165, 1.54) is 20.3 Å². The minimum Gasteiger partial charge on any atom is -0.497 e. The predicted octanol–water partition coefficient (Wildman–Crippen LogP) is 4.98. The maximum Gasteiger partial charge on any atom is 0.343 e. The van der Waals surface area contributed by atoms with Crippen LogP contribution in [0.5, 0.6) is 17.2 Å². The summed E-state index contributed by atoms with van der Waals surface area (Å²) in [7, 11) is 2.92. The number of halogens is 1. The molecule has 0 fully saturated rings. The Morgan fingerprint density at radius 2 is 1.58 bits per heavy atom. The van der Waals surface area contributed by atoms with Gasteiger partial charge in [0.1, 0.15) is 28.0 Å². The van der Waals surface area contributed by atoms with Crippen LogP contribution >= 0.6 is 11.6 Å². The van der Waals surface area contributed by atoms with Gasteiger partial charge in [-0.15, -0.1) is 0 Å². The number of aryl methyl sites for hydroxylation is 2. The third-order valence-electron chi connectivity index (χ3n) is 5.59. The van der Waals surface area contributed by atoms with Crippen LogP contribution in [0.25, 0.3) is 0 Å². The predicted molar refractivity (Wildman–Crippen MR) is 136 cm³/mol. The van der Waals surface area contributed by atoms with E-state index in [0.717, 1.165) is 16.0 Å². The summed E-state index contributed by atoms with van der Waals surface area (Å²) < 4.78 is 16.0. The summed E-state index contributed by atoms with van der Waals surface area (Å²) >= 11 is 6.24. The monoisotopic (exact) mass is 506 g/mol. The molecule has 3 aromatic rings. The van der Waals surface area contributed by atoms with Crippen LogP contribution in [-0.4, -0.2) is 32.0 Å². The maximum absolute atomic E-state index is 13.1. The molecule has 3 aromatic carbocycles. The standard InChI is InChI=1S/C27H23ClN2O6/c1-15-5-6-16(2)21(13-15)36-27(33)17-7-9-18(10-8-17)29-24-23(28)25(31)30(26(24)32)20-12-11-19(34-3)14-22(20)35-4/h5-14,29H,1-4H3. The molecule has 1 N–H and O–H groups in total. The van der Waals surface area contributed by atoms with E-state index in [4.69, 9.17) is 25.8 Å². The first-order chi connectivity index (χ1) is 17.2. The lowest BCUT2D eigenvalue weighted by atomic mass is 10.1. The van der Waals surface area contributed by atoms with Gasteiger partial charge >= 0.3 is 5.97 Å². The van der Waals surface area contributed by atoms with Crippen LogP contribution in [-0.2, 0) is 9.59 Å². The lowest BCUT2D eigenvalue weighted by Crippen LogP contribution is -2.32. The highest BCUT2D eigenvalue weighted by atomic mass is 35.5. The number of ether oxygens (including phenoxy) is 3. The average Bonchev–Trinajstić information content (AvgIpc) is 3.09. The van der Waals surface area contributed by atoms with Gasteiger partial charge in [0.15, 0.2) is 0 Å². The van der Waals surface area contributed by atoms with E-state index in [-0.39, 0.29) is 22.2 Å². The summed E-state index contributed by atoms with van der Waals surface area (Å²) in [4.78, 5) is 39.5. The fraction of sp³-hybridized carbons (Fsp3) is 0.148. The molecule has 0 aliphatic carbocycles. The van der Waals surface area contributed by atoms with Crippen molar-refractivity contribution in [1.82, 2.24) is 0 Å². The molecular formula is C27H23ClN2O6. The van der Waals surface area contributed by atoms with Crippen molar-refractivity contribution in [3.05, 3.63) is 88.1 Å². The number of rotatable bonds is 7. The Balaban J connectivity index is 1.51. The van der Waals surface area contributed by atoms with Gasteiger partial charge in [0.25, 0.3) is 11.8 Å². The summed E-state index contributed by atoms with van der Waals surface area (Å²) in [5.41, 5.74) is 2.73. The normalized spacial score (nSPS) is 13.2. The summed E-state index contributed by atoms with van der Waals surface area (Å²) in [6.45, 7) is 3.77. The van der Waals surface area contributed by atoms with Gasteiger partial charge in [-0.25, -0.2) is 9.69 Å². The summed E-state index contributed by atoms with van der Waals surface area (Å²) in [5.74, 6) is -0.592. The van der Waals surface area contributed by atoms with E-state index in [9.17, 15) is 14.4 Å². The highest BCUT2D eigenvalue weighted by Crippen LogP contribution is 2.37. The molecule has 0 atom stereocenters. The Labute approximate surface area is 213 Å². The van der Waals surface area contributed by atoms with Crippen molar-refractivity contribution in [3.63, 3.8) is 0 Å². The Kier molecular flexibility index (Phi) is 6.98. The number of nitrogens with zero attached hydrogens (tertiary/aromatic N) is 1. The van der Waals surface area contributed by atoms with Crippen LogP contribution in [0.2, 0.25) is 0 Å². The van der Waals surface area contributed by atoms with Crippen LogP contribution in [0.4, 0.5) is 11.4 Å². The minimum absolute atomic E-state index is 0.0924. The second kappa shape index (κ2) is 10.1. The minimum atomic E-state index is -0.693. The Morgan fingerprint density at radius 1 is 0.861 bits per heavy atom. The van der Waals surface area contributed by atoms with Gasteiger partial charge < -0.3 is 19.5 Å². The molecule has 0 bridgehead atoms. The zero-order chi connectivity index (χ0) is 26.0. The Hall–Kier alpha value is -4.30. The first-order valence-corrected chi connectivity index (χ1v) is 11.3. The smallest absolute Gasteiger partial charge is 0.343 e. The van der Waals surface area contributed by atoms with Crippen LogP contribution < -0.4 is 24.4 Å². The number of esters is 1. The second-order valence-corrected chi connectivity index (χ2v) is 8.41. The number of anilines is 2. The quantitative estimate of drug-likeness (QED) is 0.274. The third kappa shape index (κ3) is 4.76. The van der Waals surface area contributed by atoms with Crippen LogP contribution in [0.1, 0.15) is 21.5 Å². The van der Waals surface area contributed by atoms with E-state index in [2.05, 4.69) is 5.32 Å². The van der Waals surface area contributed by atoms with Crippen molar-refractivity contribution in [2.24, 2.45) is 0 Å². The lowest BCUT2D eigenvalue weighted by Gasteiger charge is -2.18. The number of carbonyl (C=O) groups is 3. The lowest BCUT2D eigenvalue weighted by molar-refractivity contribution is -0.120. The summed E-state index contributed by atoms with van der Waals surface area (Å²) in [6, 6.07) is 16.6. The molecule has 0 aromatic heterocycles. The molecule has 0 unspecified atom stereocenters. The molecule has 1 aliphatic rings. The zero-order valence-corrected chi connectivity index (χ0v) is 20.8. The first kappa shape index (κ1) is 24.8. The topological polar surface area (TPSA) is 94.2 Å². The number of carbonyl (C=O) groups excluding carboxylic acids is 3. The molecule has 9 heteroatoms. The highest BCUT2D eigenvalue weighted by Gasteiger charge is 2.40. The van der Waals surface area contributed by atoms with Crippen LogP contribution in [0.3, 0.4) is 0 Å². The number of nitrogens with one attached hydrogen (secondary N) is 1. The maximum atomic E-state index is 13.1. The van der Waals surface area contributed by atoms with E-state index >= 15 is 0 Å². The highest BCUT2D eigenvalue weighted by molar-refractivity contribution is 6.53. The van der Waals surface area contributed by atoms with E-state index < -0.39 is 17.8 Å². The summed E-state index contributed by atoms with van der Waals surface area (Å²) in [5, 5.41) is 2.61. The molecule has 0 radical (unpaired) electrons. The number of hydrogen-bond donors (Lipinski definition) is 1. The van der Waals surface area contributed by atoms with Crippen LogP contribution in [0.15, 0.2) is 71.4 Å². The van der Waals surface area contributed by atoms with Gasteiger partial charge in [0, 0.05) is 11.8 Å². The van der Waals surface area contributed by atoms with Crippen molar-refractivity contribution < 1.29 is 28.6 Å². The number of amides is 2. The molecule has 1 heterocycles. The number of hydrogen-bond acceptors (Lipinski definition) is 7. The van der Waals surface area contributed by atoms with Crippen molar-refractivity contribution in [1.29, 1.82) is 0 Å². The molecule has 1 aliphatic heterocycles. The van der Waals surface area contributed by atoms with Gasteiger partial charge in [-0.3, -0.25) is 9.59 Å². The Bertz CT molecular complexity index is 1400. The third-order valence-corrected chi connectivity index (χ3v) is 5.94. The molecular weight excluding hydrogens is 484 g/mol. The number of imide groups is 1. The number of methoxy groups -OCH3 is 2. The van der Waals surface area contributed by atoms with Crippen molar-refractivity contribution in [3.8, 4) is 17.2 Å². The zero-order valence-electron chi connectivity index (χ0n) is 20.0. The SMILES string of the molecule is COc1ccc(N2C(=O)C(Cl)=C(Nc3ccc(C(=O)Oc4cc(C)ccc4C)cc3)C2=O)c(OC)c1. The molecule has 184 valence electrons. The van der Waals surface area contributed by atoms with Gasteiger partial charge in [-0.1, -0.05) is 23.7 Å². The Morgan fingerprint density at radius 3 is 2.25 bits per heavy atom. The molecule has 36 heavy (non-hydrogen) atoms. The van der Waals surface area contributed by atoms with E-state index in [1.807, 2.05) is 26.0 Å². The first-order valence-electron chi connectivity index (χ1n) is 10.9. The van der Waals surface area contributed by atoms with Gasteiger partial charge in [-0.2, -0.15) is 0 Å².